The van der Waals surface area contributed by atoms with E-state index in [1.54, 1.807) is 0 Å². The standard InChI is InChI=1S/C7H9FN6O/c1-3(15)7(9)4-5(11-2-14(7)10)13-6(8)12-4/h2H,9-10H2,1H3,(H,12,13). The molecule has 2 heterocycles. The largest absolute Gasteiger partial charge is 0.312 e. The number of hydrazine groups is 1. The summed E-state index contributed by atoms with van der Waals surface area (Å²) in [6, 6.07) is 0. The number of carbonyl (C=O) groups excluding carboxylic acids is 1. The van der Waals surface area contributed by atoms with E-state index in [0.717, 1.165) is 11.3 Å². The number of aliphatic imine (C=N–C) groups is 1. The molecule has 1 aliphatic heterocycles. The molecule has 0 bridgehead atoms. The van der Waals surface area contributed by atoms with Gasteiger partial charge in [0, 0.05) is 0 Å². The van der Waals surface area contributed by atoms with Crippen LogP contribution in [0.2, 0.25) is 0 Å². The van der Waals surface area contributed by atoms with E-state index in [9.17, 15) is 9.18 Å². The Labute approximate surface area is 83.9 Å². The van der Waals surface area contributed by atoms with Crippen LogP contribution >= 0.6 is 0 Å². The summed E-state index contributed by atoms with van der Waals surface area (Å²) in [7, 11) is 0. The van der Waals surface area contributed by atoms with Gasteiger partial charge in [0.1, 0.15) is 12.0 Å². The number of fused-ring (bicyclic) bond motifs is 1. The molecule has 1 aliphatic rings. The van der Waals surface area contributed by atoms with Crippen LogP contribution in [0.4, 0.5) is 10.2 Å². The predicted molar refractivity (Wildman–Crippen MR) is 49.3 cm³/mol. The topological polar surface area (TPSA) is 113 Å². The number of aromatic nitrogens is 2. The summed E-state index contributed by atoms with van der Waals surface area (Å²) in [5.41, 5.74) is 4.20. The average molecular weight is 212 g/mol. The van der Waals surface area contributed by atoms with Crippen molar-refractivity contribution in [2.75, 3.05) is 0 Å². The summed E-state index contributed by atoms with van der Waals surface area (Å²) < 4.78 is 12.9. The van der Waals surface area contributed by atoms with Crippen molar-refractivity contribution in [3.63, 3.8) is 0 Å². The Morgan fingerprint density at radius 1 is 1.73 bits per heavy atom. The number of halogens is 1. The molecule has 0 saturated heterocycles. The number of aromatic amines is 1. The monoisotopic (exact) mass is 212 g/mol. The molecule has 0 saturated carbocycles. The van der Waals surface area contributed by atoms with Crippen molar-refractivity contribution in [3.8, 4) is 0 Å². The van der Waals surface area contributed by atoms with E-state index in [4.69, 9.17) is 11.6 Å². The summed E-state index contributed by atoms with van der Waals surface area (Å²) in [5, 5.41) is 0.912. The van der Waals surface area contributed by atoms with Crippen LogP contribution in [0.25, 0.3) is 0 Å². The van der Waals surface area contributed by atoms with Crippen molar-refractivity contribution in [3.05, 3.63) is 11.8 Å². The minimum Gasteiger partial charge on any atom is -0.312 e. The van der Waals surface area contributed by atoms with Crippen molar-refractivity contribution >= 4 is 17.9 Å². The third kappa shape index (κ3) is 1.15. The lowest BCUT2D eigenvalue weighted by atomic mass is 10.0. The number of H-pyrrole nitrogens is 1. The maximum atomic E-state index is 12.9. The summed E-state index contributed by atoms with van der Waals surface area (Å²) in [6.07, 6.45) is 0.271. The molecular formula is C7H9FN6O. The van der Waals surface area contributed by atoms with Crippen LogP contribution in [0.1, 0.15) is 12.6 Å². The lowest BCUT2D eigenvalue weighted by Crippen LogP contribution is -2.61. The Bertz CT molecular complexity index is 454. The lowest BCUT2D eigenvalue weighted by molar-refractivity contribution is -0.127. The van der Waals surface area contributed by atoms with Gasteiger partial charge in [-0.15, -0.1) is 0 Å². The van der Waals surface area contributed by atoms with E-state index in [1.165, 1.54) is 6.92 Å². The lowest BCUT2D eigenvalue weighted by Gasteiger charge is -2.35. The van der Waals surface area contributed by atoms with Crippen LogP contribution < -0.4 is 11.6 Å². The minimum absolute atomic E-state index is 0.0342. The van der Waals surface area contributed by atoms with E-state index in [0.29, 0.717) is 0 Å². The number of nitrogens with two attached hydrogens (primary N) is 2. The van der Waals surface area contributed by atoms with Gasteiger partial charge in [-0.3, -0.25) is 15.5 Å². The molecule has 5 N–H and O–H groups in total. The molecule has 1 aromatic heterocycles. The third-order valence-electron chi connectivity index (χ3n) is 2.29. The van der Waals surface area contributed by atoms with Gasteiger partial charge in [-0.1, -0.05) is 0 Å². The zero-order valence-electron chi connectivity index (χ0n) is 7.86. The first kappa shape index (κ1) is 9.74. The second kappa shape index (κ2) is 2.84. The van der Waals surface area contributed by atoms with Crippen LogP contribution in [0.3, 0.4) is 0 Å². The first-order chi connectivity index (χ1) is 6.96. The number of ketones is 1. The Morgan fingerprint density at radius 2 is 2.40 bits per heavy atom. The fraction of sp³-hybridized carbons (Fsp3) is 0.286. The molecule has 15 heavy (non-hydrogen) atoms. The molecular weight excluding hydrogens is 203 g/mol. The zero-order chi connectivity index (χ0) is 11.2. The highest BCUT2D eigenvalue weighted by Gasteiger charge is 2.43. The summed E-state index contributed by atoms with van der Waals surface area (Å²) in [6.45, 7) is 1.25. The van der Waals surface area contributed by atoms with Crippen molar-refractivity contribution in [1.29, 1.82) is 0 Å². The van der Waals surface area contributed by atoms with Gasteiger partial charge < -0.3 is 4.98 Å². The smallest absolute Gasteiger partial charge is 0.288 e. The van der Waals surface area contributed by atoms with Crippen LogP contribution in [0.5, 0.6) is 0 Å². The molecule has 2 rings (SSSR count). The highest BCUT2D eigenvalue weighted by atomic mass is 19.1. The van der Waals surface area contributed by atoms with Crippen molar-refractivity contribution in [2.45, 2.75) is 12.6 Å². The Hall–Kier alpha value is -1.80. The molecule has 1 unspecified atom stereocenters. The molecule has 0 spiro atoms. The normalized spacial score (nSPS) is 24.1. The first-order valence-corrected chi connectivity index (χ1v) is 4.10. The van der Waals surface area contributed by atoms with Gasteiger partial charge in [-0.05, 0) is 6.92 Å². The van der Waals surface area contributed by atoms with Crippen molar-refractivity contribution in [2.24, 2.45) is 16.6 Å². The zero-order valence-corrected chi connectivity index (χ0v) is 7.86. The van der Waals surface area contributed by atoms with Gasteiger partial charge in [-0.2, -0.15) is 9.37 Å². The Morgan fingerprint density at radius 3 is 3.00 bits per heavy atom. The number of nitrogens with one attached hydrogen (secondary N) is 1. The van der Waals surface area contributed by atoms with Gasteiger partial charge in [0.25, 0.3) is 6.08 Å². The fourth-order valence-corrected chi connectivity index (χ4v) is 1.39. The number of Topliss-reactive ketones (excluding diaryl/α,β-unsaturated/α-hetero) is 1. The molecule has 0 amide bonds. The van der Waals surface area contributed by atoms with E-state index in [2.05, 4.69) is 15.0 Å². The number of carbonyl (C=O) groups is 1. The van der Waals surface area contributed by atoms with Crippen LogP contribution in [-0.4, -0.2) is 27.1 Å². The van der Waals surface area contributed by atoms with Crippen molar-refractivity contribution < 1.29 is 9.18 Å². The summed E-state index contributed by atoms with van der Waals surface area (Å²) >= 11 is 0. The number of nitrogens with zero attached hydrogens (tertiary/aromatic N) is 3. The highest BCUT2D eigenvalue weighted by molar-refractivity contribution is 5.91. The molecule has 0 radical (unpaired) electrons. The molecule has 1 atom stereocenters. The number of rotatable bonds is 1. The second-order valence-electron chi connectivity index (χ2n) is 3.20. The Balaban J connectivity index is 2.65. The van der Waals surface area contributed by atoms with E-state index < -0.39 is 17.5 Å². The molecule has 1 aromatic rings. The first-order valence-electron chi connectivity index (χ1n) is 4.10. The number of imidazole rings is 1. The highest BCUT2D eigenvalue weighted by Crippen LogP contribution is 2.31. The molecule has 0 aromatic carbocycles. The van der Waals surface area contributed by atoms with Crippen LogP contribution in [0.15, 0.2) is 4.99 Å². The van der Waals surface area contributed by atoms with Crippen LogP contribution in [-0.2, 0) is 10.5 Å². The summed E-state index contributed by atoms with van der Waals surface area (Å²) in [4.78, 5) is 20.8. The van der Waals surface area contributed by atoms with E-state index in [-0.39, 0.29) is 11.5 Å². The van der Waals surface area contributed by atoms with Gasteiger partial charge in [0.15, 0.2) is 11.6 Å². The minimum atomic E-state index is -1.64. The molecule has 0 aliphatic carbocycles. The molecule has 8 heteroatoms. The van der Waals surface area contributed by atoms with Crippen LogP contribution in [0, 0.1) is 6.08 Å². The quantitative estimate of drug-likeness (QED) is 0.522. The summed E-state index contributed by atoms with van der Waals surface area (Å²) in [5.74, 6) is 5.10. The van der Waals surface area contributed by atoms with E-state index >= 15 is 0 Å². The van der Waals surface area contributed by atoms with E-state index in [1.807, 2.05) is 0 Å². The average Bonchev–Trinajstić information content (AvgIpc) is 2.53. The maximum absolute atomic E-state index is 12.9. The third-order valence-corrected chi connectivity index (χ3v) is 2.29. The van der Waals surface area contributed by atoms with Gasteiger partial charge in [0.2, 0.25) is 5.66 Å². The number of hydrogen-bond acceptors (Lipinski definition) is 6. The SMILES string of the molecule is CC(=O)C1(N)c2[nH]c(F)nc2N=CN1N. The molecule has 80 valence electrons. The van der Waals surface area contributed by atoms with Gasteiger partial charge >= 0.3 is 0 Å². The van der Waals surface area contributed by atoms with Crippen molar-refractivity contribution in [1.82, 2.24) is 15.0 Å². The predicted octanol–water partition coefficient (Wildman–Crippen LogP) is -0.902. The molecule has 0 fully saturated rings. The number of hydrogen-bond donors (Lipinski definition) is 3. The Kier molecular flexibility index (Phi) is 1.85. The molecule has 7 nitrogen and oxygen atoms in total. The fourth-order valence-electron chi connectivity index (χ4n) is 1.39. The van der Waals surface area contributed by atoms with Gasteiger partial charge in [0.05, 0.1) is 0 Å². The maximum Gasteiger partial charge on any atom is 0.288 e. The van der Waals surface area contributed by atoms with Gasteiger partial charge in [-0.25, -0.2) is 10.8 Å². The second-order valence-corrected chi connectivity index (χ2v) is 3.20.